The molecule has 0 aliphatic carbocycles. The summed E-state index contributed by atoms with van der Waals surface area (Å²) in [4.78, 5) is 2.34. The summed E-state index contributed by atoms with van der Waals surface area (Å²) in [5.74, 6) is 0. The first-order valence-electron chi connectivity index (χ1n) is 9.01. The van der Waals surface area contributed by atoms with Crippen LogP contribution in [-0.2, 0) is 0 Å². The van der Waals surface area contributed by atoms with Gasteiger partial charge in [0.05, 0.1) is 32.2 Å². The Bertz CT molecular complexity index is 978. The van der Waals surface area contributed by atoms with Gasteiger partial charge in [0, 0.05) is 17.9 Å². The molecule has 2 nitrogen and oxygen atoms in total. The summed E-state index contributed by atoms with van der Waals surface area (Å²) >= 11 is 24.9. The molecule has 2 unspecified atom stereocenters. The number of anilines is 2. The smallest absolute Gasteiger partial charge is 0.0744 e. The van der Waals surface area contributed by atoms with Gasteiger partial charge in [0.1, 0.15) is 0 Å². The van der Waals surface area contributed by atoms with Gasteiger partial charge in [0.15, 0.2) is 0 Å². The third-order valence-corrected chi connectivity index (χ3v) is 6.52. The molecule has 6 heteroatoms. The molecule has 1 fully saturated rings. The maximum Gasteiger partial charge on any atom is 0.0744 e. The summed E-state index contributed by atoms with van der Waals surface area (Å²) in [6.07, 6.45) is 0.972. The molecule has 28 heavy (non-hydrogen) atoms. The summed E-state index contributed by atoms with van der Waals surface area (Å²) in [5, 5.41) is 5.88. The van der Waals surface area contributed by atoms with Gasteiger partial charge in [-0.25, -0.2) is 0 Å². The molecular formula is C22H18Cl4N2. The van der Waals surface area contributed by atoms with Crippen LogP contribution in [0.1, 0.15) is 18.0 Å². The van der Waals surface area contributed by atoms with E-state index in [9.17, 15) is 0 Å². The summed E-state index contributed by atoms with van der Waals surface area (Å²) in [6.45, 7) is 0.882. The molecule has 1 N–H and O–H groups in total. The van der Waals surface area contributed by atoms with Crippen LogP contribution < -0.4 is 10.2 Å². The lowest BCUT2D eigenvalue weighted by Crippen LogP contribution is -2.31. The predicted molar refractivity (Wildman–Crippen MR) is 121 cm³/mol. The third kappa shape index (κ3) is 4.06. The number of hydrogen-bond acceptors (Lipinski definition) is 2. The zero-order chi connectivity index (χ0) is 19.7. The number of benzene rings is 3. The van der Waals surface area contributed by atoms with Crippen molar-refractivity contribution in [3.63, 3.8) is 0 Å². The lowest BCUT2D eigenvalue weighted by molar-refractivity contribution is 0.647. The molecule has 1 heterocycles. The minimum Gasteiger partial charge on any atom is -0.380 e. The van der Waals surface area contributed by atoms with Crippen molar-refractivity contribution in [1.29, 1.82) is 0 Å². The number of nitrogens with one attached hydrogen (secondary N) is 1. The van der Waals surface area contributed by atoms with Crippen molar-refractivity contribution in [2.45, 2.75) is 18.5 Å². The second-order valence-electron chi connectivity index (χ2n) is 6.82. The molecule has 3 aromatic rings. The third-order valence-electron chi connectivity index (χ3n) is 5.04. The van der Waals surface area contributed by atoms with Gasteiger partial charge in [-0.3, -0.25) is 0 Å². The molecule has 0 bridgehead atoms. The van der Waals surface area contributed by atoms with Gasteiger partial charge in [0.25, 0.3) is 0 Å². The van der Waals surface area contributed by atoms with Crippen molar-refractivity contribution in [2.75, 3.05) is 16.8 Å². The Labute approximate surface area is 185 Å². The Balaban J connectivity index is 1.72. The normalized spacial score (nSPS) is 19.1. The molecule has 0 aromatic heterocycles. The predicted octanol–water partition coefficient (Wildman–Crippen LogP) is 7.73. The van der Waals surface area contributed by atoms with Crippen LogP contribution in [0, 0.1) is 0 Å². The summed E-state index contributed by atoms with van der Waals surface area (Å²) in [7, 11) is 0. The number of halogens is 4. The monoisotopic (exact) mass is 450 g/mol. The summed E-state index contributed by atoms with van der Waals surface area (Å²) in [5.41, 5.74) is 3.22. The largest absolute Gasteiger partial charge is 0.380 e. The molecule has 1 aliphatic rings. The Morgan fingerprint density at radius 1 is 0.750 bits per heavy atom. The number of para-hydroxylation sites is 1. The Morgan fingerprint density at radius 3 is 2.11 bits per heavy atom. The fraction of sp³-hybridized carbons (Fsp3) is 0.182. The number of nitrogens with zero attached hydrogens (tertiary/aromatic N) is 1. The zero-order valence-corrected chi connectivity index (χ0v) is 17.9. The maximum absolute atomic E-state index is 6.33. The van der Waals surface area contributed by atoms with Crippen LogP contribution in [0.25, 0.3) is 0 Å². The molecule has 2 atom stereocenters. The number of rotatable bonds is 4. The van der Waals surface area contributed by atoms with Gasteiger partial charge in [-0.2, -0.15) is 0 Å². The first-order chi connectivity index (χ1) is 13.5. The van der Waals surface area contributed by atoms with Crippen molar-refractivity contribution >= 4 is 57.8 Å². The van der Waals surface area contributed by atoms with Crippen LogP contribution in [0.2, 0.25) is 20.1 Å². The van der Waals surface area contributed by atoms with Crippen LogP contribution in [0.15, 0.2) is 66.7 Å². The second-order valence-corrected chi connectivity index (χ2v) is 8.44. The second kappa shape index (κ2) is 8.42. The van der Waals surface area contributed by atoms with Crippen LogP contribution >= 0.6 is 46.4 Å². The first kappa shape index (κ1) is 19.7. The Kier molecular flexibility index (Phi) is 5.93. The lowest BCUT2D eigenvalue weighted by Gasteiger charge is -2.31. The molecule has 0 radical (unpaired) electrons. The van der Waals surface area contributed by atoms with E-state index in [1.165, 1.54) is 0 Å². The minimum absolute atomic E-state index is 0.0761. The van der Waals surface area contributed by atoms with Crippen LogP contribution in [0.3, 0.4) is 0 Å². The molecule has 0 saturated carbocycles. The van der Waals surface area contributed by atoms with Gasteiger partial charge in [-0.05, 0) is 54.4 Å². The van der Waals surface area contributed by atoms with Crippen LogP contribution in [-0.4, -0.2) is 12.6 Å². The molecule has 1 saturated heterocycles. The molecule has 3 aromatic carbocycles. The van der Waals surface area contributed by atoms with Gasteiger partial charge in [-0.1, -0.05) is 70.7 Å². The van der Waals surface area contributed by atoms with Gasteiger partial charge < -0.3 is 10.2 Å². The van der Waals surface area contributed by atoms with E-state index < -0.39 is 0 Å². The molecule has 4 rings (SSSR count). The van der Waals surface area contributed by atoms with E-state index in [1.807, 2.05) is 54.6 Å². The SMILES string of the molecule is Clc1ccc(C2C(Nc3ccccc3)CCN2c2ccc(Cl)c(Cl)c2)cc1Cl. The topological polar surface area (TPSA) is 15.3 Å². The van der Waals surface area contributed by atoms with E-state index >= 15 is 0 Å². The van der Waals surface area contributed by atoms with Gasteiger partial charge >= 0.3 is 0 Å². The first-order valence-corrected chi connectivity index (χ1v) is 10.5. The van der Waals surface area contributed by atoms with Crippen molar-refractivity contribution in [3.8, 4) is 0 Å². The number of hydrogen-bond donors (Lipinski definition) is 1. The summed E-state index contributed by atoms with van der Waals surface area (Å²) in [6, 6.07) is 22.1. The fourth-order valence-corrected chi connectivity index (χ4v) is 4.35. The highest BCUT2D eigenvalue weighted by atomic mass is 35.5. The fourth-order valence-electron chi connectivity index (χ4n) is 3.75. The van der Waals surface area contributed by atoms with E-state index in [4.69, 9.17) is 46.4 Å². The molecule has 0 amide bonds. The van der Waals surface area contributed by atoms with E-state index in [2.05, 4.69) is 22.3 Å². The van der Waals surface area contributed by atoms with E-state index in [1.54, 1.807) is 0 Å². The molecule has 144 valence electrons. The molecule has 1 aliphatic heterocycles. The van der Waals surface area contributed by atoms with E-state index in [0.29, 0.717) is 20.1 Å². The van der Waals surface area contributed by atoms with Crippen molar-refractivity contribution < 1.29 is 0 Å². The average Bonchev–Trinajstić information content (AvgIpc) is 3.10. The van der Waals surface area contributed by atoms with Crippen molar-refractivity contribution in [3.05, 3.63) is 92.4 Å². The maximum atomic E-state index is 6.33. The van der Waals surface area contributed by atoms with Gasteiger partial charge in [0.2, 0.25) is 0 Å². The average molecular weight is 452 g/mol. The minimum atomic E-state index is 0.0761. The van der Waals surface area contributed by atoms with Crippen LogP contribution in [0.4, 0.5) is 11.4 Å². The Hall–Kier alpha value is -1.58. The summed E-state index contributed by atoms with van der Waals surface area (Å²) < 4.78 is 0. The highest BCUT2D eigenvalue weighted by Gasteiger charge is 2.36. The van der Waals surface area contributed by atoms with E-state index in [0.717, 1.165) is 29.9 Å². The zero-order valence-electron chi connectivity index (χ0n) is 14.9. The van der Waals surface area contributed by atoms with Gasteiger partial charge in [-0.15, -0.1) is 0 Å². The Morgan fingerprint density at radius 2 is 1.43 bits per heavy atom. The standard InChI is InChI=1S/C22H18Cl4N2/c23-17-8-6-14(12-19(17)25)22-21(27-15-4-2-1-3-5-15)10-11-28(22)16-7-9-18(24)20(26)13-16/h1-9,12-13,21-22,27H,10-11H2. The van der Waals surface area contributed by atoms with E-state index in [-0.39, 0.29) is 12.1 Å². The van der Waals surface area contributed by atoms with Crippen molar-refractivity contribution in [1.82, 2.24) is 0 Å². The highest BCUT2D eigenvalue weighted by Crippen LogP contribution is 2.41. The highest BCUT2D eigenvalue weighted by molar-refractivity contribution is 6.42. The van der Waals surface area contributed by atoms with Crippen molar-refractivity contribution in [2.24, 2.45) is 0 Å². The molecular weight excluding hydrogens is 434 g/mol. The lowest BCUT2D eigenvalue weighted by atomic mass is 9.99. The van der Waals surface area contributed by atoms with Crippen LogP contribution in [0.5, 0.6) is 0 Å². The quantitative estimate of drug-likeness (QED) is 0.436. The molecule has 0 spiro atoms.